The third-order valence-corrected chi connectivity index (χ3v) is 8.56. The van der Waals surface area contributed by atoms with Gasteiger partial charge in [-0.15, -0.1) is 0 Å². The Morgan fingerprint density at radius 3 is 2.56 bits per heavy atom. The highest BCUT2D eigenvalue weighted by Gasteiger charge is 2.37. The second-order valence-corrected chi connectivity index (χ2v) is 11.7. The molecule has 250 valence electrons. The molecule has 0 radical (unpaired) electrons. The van der Waals surface area contributed by atoms with Crippen molar-refractivity contribution in [1.82, 2.24) is 20.7 Å². The quantitative estimate of drug-likeness (QED) is 0.333. The van der Waals surface area contributed by atoms with Crippen molar-refractivity contribution < 1.29 is 37.9 Å². The molecule has 0 aliphatic carbocycles. The lowest BCUT2D eigenvalue weighted by atomic mass is 9.99. The zero-order chi connectivity index (χ0) is 33.6. The van der Waals surface area contributed by atoms with Gasteiger partial charge in [0.1, 0.15) is 34.6 Å². The van der Waals surface area contributed by atoms with Crippen molar-refractivity contribution in [3.05, 3.63) is 89.2 Å². The topological polar surface area (TPSA) is 141 Å². The zero-order valence-electron chi connectivity index (χ0n) is 27.1. The van der Waals surface area contributed by atoms with Crippen LogP contribution in [0.5, 0.6) is 23.0 Å². The highest BCUT2D eigenvalue weighted by molar-refractivity contribution is 6.01. The van der Waals surface area contributed by atoms with Crippen molar-refractivity contribution in [2.24, 2.45) is 0 Å². The van der Waals surface area contributed by atoms with Crippen LogP contribution in [-0.4, -0.2) is 73.8 Å². The van der Waals surface area contributed by atoms with E-state index in [1.54, 1.807) is 37.1 Å². The van der Waals surface area contributed by atoms with Gasteiger partial charge in [-0.2, -0.15) is 0 Å². The molecule has 0 unspecified atom stereocenters. The maximum Gasteiger partial charge on any atom is 0.259 e. The molecule has 3 aromatic carbocycles. The van der Waals surface area contributed by atoms with Gasteiger partial charge in [-0.1, -0.05) is 41.6 Å². The van der Waals surface area contributed by atoms with Gasteiger partial charge in [0.25, 0.3) is 11.8 Å². The Hall–Kier alpha value is -5.52. The first-order valence-electron chi connectivity index (χ1n) is 15.8. The third-order valence-electron chi connectivity index (χ3n) is 8.56. The van der Waals surface area contributed by atoms with E-state index in [-0.39, 0.29) is 37.9 Å². The van der Waals surface area contributed by atoms with Gasteiger partial charge in [0.05, 0.1) is 20.3 Å². The SMILES string of the molecule is COc1cc2ccc1CNC(=O)CCc1ccc(OC)c(c1)OCC(=O)N[C@@H]1CN(C(=O)c3c(-c4ccccc4)noc3C)CC[C@@H]1O2. The van der Waals surface area contributed by atoms with Gasteiger partial charge < -0.3 is 39.0 Å². The van der Waals surface area contributed by atoms with E-state index >= 15 is 0 Å². The van der Waals surface area contributed by atoms with Crippen molar-refractivity contribution in [2.45, 2.75) is 44.9 Å². The summed E-state index contributed by atoms with van der Waals surface area (Å²) in [5.74, 6) is 1.59. The fourth-order valence-corrected chi connectivity index (χ4v) is 6.01. The fourth-order valence-electron chi connectivity index (χ4n) is 6.01. The zero-order valence-corrected chi connectivity index (χ0v) is 27.1. The predicted octanol–water partition coefficient (Wildman–Crippen LogP) is 4.09. The van der Waals surface area contributed by atoms with Crippen LogP contribution >= 0.6 is 0 Å². The third kappa shape index (κ3) is 7.22. The summed E-state index contributed by atoms with van der Waals surface area (Å²) in [6, 6.07) is 19.6. The number of aromatic nitrogens is 1. The number of piperidine rings is 1. The number of nitrogens with one attached hydrogen (secondary N) is 2. The first kappa shape index (κ1) is 32.4. The Kier molecular flexibility index (Phi) is 9.79. The van der Waals surface area contributed by atoms with Crippen molar-refractivity contribution in [2.75, 3.05) is 33.9 Å². The number of hydrogen-bond donors (Lipinski definition) is 2. The Bertz CT molecular complexity index is 1790. The first-order chi connectivity index (χ1) is 23.3. The van der Waals surface area contributed by atoms with E-state index in [9.17, 15) is 14.4 Å². The Balaban J connectivity index is 1.28. The number of fused-ring (bicyclic) bond motifs is 9. The van der Waals surface area contributed by atoms with E-state index in [0.29, 0.717) is 59.4 Å². The van der Waals surface area contributed by atoms with E-state index in [0.717, 1.165) is 16.7 Å². The standard InChI is InChI=1S/C36H38N4O8/c1-22-34(35(39-48-22)24-7-5-4-6-8-24)36(43)40-16-15-28-27(20-40)38-33(42)21-46-31-17-23(9-13-29(31)44-2)10-14-32(41)37-19-25-11-12-26(47-28)18-30(25)45-3/h4-9,11-13,17-18,27-28H,10,14-16,19-21H2,1-3H3,(H,37,41)(H,38,42)/t27-,28+/m1/s1. The van der Waals surface area contributed by atoms with Crippen LogP contribution < -0.4 is 29.6 Å². The number of carbonyl (C=O) groups excluding carboxylic acids is 3. The van der Waals surface area contributed by atoms with E-state index in [4.69, 9.17) is 23.5 Å². The van der Waals surface area contributed by atoms with Gasteiger partial charge in [-0.3, -0.25) is 14.4 Å². The molecule has 1 fully saturated rings. The van der Waals surface area contributed by atoms with Crippen LogP contribution in [0.3, 0.4) is 0 Å². The van der Waals surface area contributed by atoms with E-state index in [1.807, 2.05) is 48.5 Å². The summed E-state index contributed by atoms with van der Waals surface area (Å²) in [5.41, 5.74) is 3.26. The van der Waals surface area contributed by atoms with Crippen LogP contribution in [0.2, 0.25) is 0 Å². The molecule has 3 aliphatic rings. The molecule has 3 aliphatic heterocycles. The van der Waals surface area contributed by atoms with Gasteiger partial charge in [-0.25, -0.2) is 0 Å². The normalized spacial score (nSPS) is 18.5. The summed E-state index contributed by atoms with van der Waals surface area (Å²) in [4.78, 5) is 41.8. The summed E-state index contributed by atoms with van der Waals surface area (Å²) < 4.78 is 28.9. The molecule has 0 spiro atoms. The molecule has 1 saturated heterocycles. The van der Waals surface area contributed by atoms with Gasteiger partial charge in [0.2, 0.25) is 5.91 Å². The van der Waals surface area contributed by atoms with Crippen molar-refractivity contribution in [3.63, 3.8) is 0 Å². The summed E-state index contributed by atoms with van der Waals surface area (Å²) in [6.07, 6.45) is 0.673. The number of nitrogens with zero attached hydrogens (tertiary/aromatic N) is 2. The molecule has 0 saturated carbocycles. The average Bonchev–Trinajstić information content (AvgIpc) is 3.50. The van der Waals surface area contributed by atoms with Crippen LogP contribution in [0.1, 0.15) is 40.1 Å². The fraction of sp³-hybridized carbons (Fsp3) is 0.333. The first-order valence-corrected chi connectivity index (χ1v) is 15.8. The molecule has 2 atom stereocenters. The molecule has 4 aromatic rings. The molecule has 12 nitrogen and oxygen atoms in total. The maximum absolute atomic E-state index is 14.0. The van der Waals surface area contributed by atoms with Crippen LogP contribution in [-0.2, 0) is 22.6 Å². The molecule has 1 aromatic heterocycles. The van der Waals surface area contributed by atoms with Gasteiger partial charge >= 0.3 is 0 Å². The molecule has 4 heterocycles. The van der Waals surface area contributed by atoms with Crippen molar-refractivity contribution >= 4 is 17.7 Å². The minimum atomic E-state index is -0.584. The number of carbonyl (C=O) groups is 3. The van der Waals surface area contributed by atoms with E-state index < -0.39 is 18.1 Å². The molecular weight excluding hydrogens is 616 g/mol. The molecule has 2 N–H and O–H groups in total. The smallest absolute Gasteiger partial charge is 0.259 e. The maximum atomic E-state index is 14.0. The number of amides is 3. The molecule has 48 heavy (non-hydrogen) atoms. The van der Waals surface area contributed by atoms with E-state index in [1.165, 1.54) is 7.11 Å². The lowest BCUT2D eigenvalue weighted by Crippen LogP contribution is -2.58. The van der Waals surface area contributed by atoms with Crippen LogP contribution in [0, 0.1) is 6.92 Å². The van der Waals surface area contributed by atoms with E-state index in [2.05, 4.69) is 15.8 Å². The summed E-state index contributed by atoms with van der Waals surface area (Å²) in [5, 5.41) is 10.2. The highest BCUT2D eigenvalue weighted by Crippen LogP contribution is 2.31. The Morgan fingerprint density at radius 1 is 0.958 bits per heavy atom. The highest BCUT2D eigenvalue weighted by atomic mass is 16.5. The van der Waals surface area contributed by atoms with Gasteiger partial charge in [0, 0.05) is 49.7 Å². The van der Waals surface area contributed by atoms with Gasteiger partial charge in [-0.05, 0) is 43.2 Å². The summed E-state index contributed by atoms with van der Waals surface area (Å²) >= 11 is 0. The second-order valence-electron chi connectivity index (χ2n) is 11.7. The second kappa shape index (κ2) is 14.5. The predicted molar refractivity (Wildman–Crippen MR) is 175 cm³/mol. The largest absolute Gasteiger partial charge is 0.496 e. The average molecular weight is 655 g/mol. The number of methoxy groups -OCH3 is 2. The molecular formula is C36H38N4O8. The minimum Gasteiger partial charge on any atom is -0.496 e. The number of aryl methyl sites for hydroxylation is 2. The number of ether oxygens (including phenoxy) is 4. The summed E-state index contributed by atoms with van der Waals surface area (Å²) in [7, 11) is 3.08. The van der Waals surface area contributed by atoms with Crippen molar-refractivity contribution in [1.29, 1.82) is 0 Å². The summed E-state index contributed by atoms with van der Waals surface area (Å²) in [6.45, 7) is 2.24. The molecule has 12 heteroatoms. The Labute approximate surface area is 278 Å². The lowest BCUT2D eigenvalue weighted by Gasteiger charge is -2.39. The molecule has 3 amide bonds. The van der Waals surface area contributed by atoms with Crippen LogP contribution in [0.4, 0.5) is 0 Å². The lowest BCUT2D eigenvalue weighted by molar-refractivity contribution is -0.125. The minimum absolute atomic E-state index is 0.116. The molecule has 7 rings (SSSR count). The Morgan fingerprint density at radius 2 is 1.77 bits per heavy atom. The number of benzene rings is 3. The van der Waals surface area contributed by atoms with Crippen LogP contribution in [0.15, 0.2) is 71.3 Å². The number of likely N-dealkylation sites (tertiary alicyclic amines) is 1. The molecule has 4 bridgehead atoms. The van der Waals surface area contributed by atoms with Gasteiger partial charge in [0.15, 0.2) is 18.1 Å². The van der Waals surface area contributed by atoms with Crippen LogP contribution in [0.25, 0.3) is 11.3 Å². The monoisotopic (exact) mass is 654 g/mol. The van der Waals surface area contributed by atoms with Crippen molar-refractivity contribution in [3.8, 4) is 34.3 Å². The number of rotatable bonds is 4. The number of hydrogen-bond acceptors (Lipinski definition) is 9.